The number of rotatable bonds is 4. The Bertz CT molecular complexity index is 537. The van der Waals surface area contributed by atoms with E-state index < -0.39 is 5.60 Å². The van der Waals surface area contributed by atoms with Crippen molar-refractivity contribution in [2.75, 3.05) is 7.11 Å². The first-order valence-corrected chi connectivity index (χ1v) is 7.78. The summed E-state index contributed by atoms with van der Waals surface area (Å²) in [4.78, 5) is 20.2. The average Bonchev–Trinajstić information content (AvgIpc) is 2.46. The molecule has 1 saturated carbocycles. The Morgan fingerprint density at radius 3 is 2.55 bits per heavy atom. The summed E-state index contributed by atoms with van der Waals surface area (Å²) in [7, 11) is 1.71. The van der Waals surface area contributed by atoms with Crippen LogP contribution in [-0.4, -0.2) is 40.2 Å². The molecule has 0 radical (unpaired) electrons. The van der Waals surface area contributed by atoms with E-state index in [2.05, 4.69) is 15.3 Å². The molecule has 1 aliphatic carbocycles. The second-order valence-electron chi connectivity index (χ2n) is 6.15. The van der Waals surface area contributed by atoms with Crippen LogP contribution in [0.2, 0.25) is 5.28 Å². The zero-order valence-electron chi connectivity index (χ0n) is 13.1. The minimum absolute atomic E-state index is 0.0483. The third kappa shape index (κ3) is 4.38. The summed E-state index contributed by atoms with van der Waals surface area (Å²) >= 11 is 5.85. The van der Waals surface area contributed by atoms with Gasteiger partial charge in [0, 0.05) is 13.2 Å². The highest BCUT2D eigenvalue weighted by atomic mass is 35.5. The number of nitrogens with one attached hydrogen (secondary N) is 1. The van der Waals surface area contributed by atoms with E-state index in [4.69, 9.17) is 16.3 Å². The number of hydrogen-bond acceptors (Lipinski definition) is 5. The maximum atomic E-state index is 12.3. The van der Waals surface area contributed by atoms with Crippen LogP contribution in [0, 0.1) is 0 Å². The molecule has 2 N–H and O–H groups in total. The molecule has 0 atom stereocenters. The molecule has 7 heteroatoms. The summed E-state index contributed by atoms with van der Waals surface area (Å²) in [6.07, 6.45) is 3.90. The van der Waals surface area contributed by atoms with Crippen molar-refractivity contribution in [2.24, 2.45) is 0 Å². The summed E-state index contributed by atoms with van der Waals surface area (Å²) in [5, 5.41) is 12.9. The monoisotopic (exact) mass is 327 g/mol. The highest BCUT2D eigenvalue weighted by molar-refractivity contribution is 6.28. The lowest BCUT2D eigenvalue weighted by atomic mass is 9.93. The molecule has 0 saturated heterocycles. The quantitative estimate of drug-likeness (QED) is 0.827. The number of aromatic nitrogens is 2. The number of methoxy groups -OCH3 is 1. The predicted octanol–water partition coefficient (Wildman–Crippen LogP) is 2.04. The summed E-state index contributed by atoms with van der Waals surface area (Å²) in [6, 6.07) is 1.58. The molecule has 1 fully saturated rings. The molecular weight excluding hydrogens is 306 g/mol. The SMILES string of the molecule is COC1CCC(NC(=O)c2cc(C(C)(C)O)nc(Cl)n2)CC1. The van der Waals surface area contributed by atoms with Gasteiger partial charge in [0.05, 0.1) is 11.8 Å². The summed E-state index contributed by atoms with van der Waals surface area (Å²) in [5.41, 5.74) is -0.690. The van der Waals surface area contributed by atoms with Crippen molar-refractivity contribution in [3.8, 4) is 0 Å². The van der Waals surface area contributed by atoms with Gasteiger partial charge in [0.25, 0.3) is 5.91 Å². The van der Waals surface area contributed by atoms with Crippen molar-refractivity contribution in [3.05, 3.63) is 22.7 Å². The third-order valence-corrected chi connectivity index (χ3v) is 4.07. The van der Waals surface area contributed by atoms with E-state index in [-0.39, 0.29) is 29.0 Å². The van der Waals surface area contributed by atoms with Crippen LogP contribution in [0.4, 0.5) is 0 Å². The van der Waals surface area contributed by atoms with E-state index in [1.165, 1.54) is 6.07 Å². The molecule has 2 rings (SSSR count). The van der Waals surface area contributed by atoms with Gasteiger partial charge >= 0.3 is 0 Å². The maximum absolute atomic E-state index is 12.3. The van der Waals surface area contributed by atoms with Crippen LogP contribution < -0.4 is 5.32 Å². The minimum Gasteiger partial charge on any atom is -0.384 e. The van der Waals surface area contributed by atoms with Gasteiger partial charge in [-0.3, -0.25) is 4.79 Å². The first-order valence-electron chi connectivity index (χ1n) is 7.40. The first kappa shape index (κ1) is 17.1. The van der Waals surface area contributed by atoms with Gasteiger partial charge in [0.2, 0.25) is 5.28 Å². The molecule has 6 nitrogen and oxygen atoms in total. The number of halogens is 1. The number of aliphatic hydroxyl groups is 1. The van der Waals surface area contributed by atoms with Gasteiger partial charge in [-0.25, -0.2) is 9.97 Å². The summed E-state index contributed by atoms with van der Waals surface area (Å²) in [6.45, 7) is 3.17. The second-order valence-corrected chi connectivity index (χ2v) is 6.49. The van der Waals surface area contributed by atoms with Gasteiger partial charge in [0.1, 0.15) is 11.3 Å². The average molecular weight is 328 g/mol. The molecule has 1 aromatic heterocycles. The normalized spacial score (nSPS) is 22.4. The Balaban J connectivity index is 2.05. The Hall–Kier alpha value is -1.24. The molecule has 0 unspecified atom stereocenters. The number of amides is 1. The van der Waals surface area contributed by atoms with Gasteiger partial charge in [-0.2, -0.15) is 0 Å². The molecule has 0 aliphatic heterocycles. The van der Waals surface area contributed by atoms with E-state index in [1.54, 1.807) is 21.0 Å². The topological polar surface area (TPSA) is 84.3 Å². The fourth-order valence-corrected chi connectivity index (χ4v) is 2.73. The second kappa shape index (κ2) is 6.89. The Kier molecular flexibility index (Phi) is 5.36. The van der Waals surface area contributed by atoms with Gasteiger partial charge in [-0.1, -0.05) is 0 Å². The van der Waals surface area contributed by atoms with Crippen LogP contribution in [0.15, 0.2) is 6.07 Å². The minimum atomic E-state index is -1.18. The fourth-order valence-electron chi connectivity index (χ4n) is 2.55. The highest BCUT2D eigenvalue weighted by Crippen LogP contribution is 2.22. The molecule has 0 bridgehead atoms. The number of ether oxygens (including phenoxy) is 1. The molecule has 0 spiro atoms. The molecular formula is C15H22ClN3O3. The molecule has 22 heavy (non-hydrogen) atoms. The van der Waals surface area contributed by atoms with Gasteiger partial charge < -0.3 is 15.2 Å². The number of carbonyl (C=O) groups is 1. The van der Waals surface area contributed by atoms with Crippen LogP contribution in [-0.2, 0) is 10.3 Å². The van der Waals surface area contributed by atoms with Crippen molar-refractivity contribution >= 4 is 17.5 Å². The van der Waals surface area contributed by atoms with E-state index in [1.807, 2.05) is 0 Å². The van der Waals surface area contributed by atoms with Crippen LogP contribution in [0.3, 0.4) is 0 Å². The molecule has 1 aromatic rings. The Morgan fingerprint density at radius 2 is 2.00 bits per heavy atom. The zero-order chi connectivity index (χ0) is 16.3. The molecule has 1 heterocycles. The van der Waals surface area contributed by atoms with Crippen molar-refractivity contribution < 1.29 is 14.6 Å². The zero-order valence-corrected chi connectivity index (χ0v) is 13.9. The van der Waals surface area contributed by atoms with E-state index in [0.717, 1.165) is 25.7 Å². The van der Waals surface area contributed by atoms with Gasteiger partial charge in [0.15, 0.2) is 0 Å². The highest BCUT2D eigenvalue weighted by Gasteiger charge is 2.25. The van der Waals surface area contributed by atoms with Gasteiger partial charge in [-0.05, 0) is 57.2 Å². The van der Waals surface area contributed by atoms with Crippen molar-refractivity contribution in [2.45, 2.75) is 57.3 Å². The van der Waals surface area contributed by atoms with Crippen LogP contribution in [0.1, 0.15) is 55.7 Å². The lowest BCUT2D eigenvalue weighted by molar-refractivity contribution is 0.0597. The Morgan fingerprint density at radius 1 is 1.36 bits per heavy atom. The molecule has 122 valence electrons. The lowest BCUT2D eigenvalue weighted by Crippen LogP contribution is -2.39. The summed E-state index contributed by atoms with van der Waals surface area (Å²) in [5.74, 6) is -0.296. The standard InChI is InChI=1S/C15H22ClN3O3/c1-15(2,21)12-8-11(18-14(16)19-12)13(20)17-9-4-6-10(22-3)7-5-9/h8-10,21H,4-7H2,1-3H3,(H,17,20). The predicted molar refractivity (Wildman–Crippen MR) is 82.8 cm³/mol. The number of nitrogens with zero attached hydrogens (tertiary/aromatic N) is 2. The van der Waals surface area contributed by atoms with Crippen LogP contribution in [0.25, 0.3) is 0 Å². The van der Waals surface area contributed by atoms with Crippen LogP contribution >= 0.6 is 11.6 Å². The van der Waals surface area contributed by atoms with E-state index >= 15 is 0 Å². The van der Waals surface area contributed by atoms with Crippen molar-refractivity contribution in [1.29, 1.82) is 0 Å². The van der Waals surface area contributed by atoms with Crippen LogP contribution in [0.5, 0.6) is 0 Å². The van der Waals surface area contributed by atoms with Gasteiger partial charge in [-0.15, -0.1) is 0 Å². The fraction of sp³-hybridized carbons (Fsp3) is 0.667. The molecule has 1 aliphatic rings. The number of hydrogen-bond donors (Lipinski definition) is 2. The largest absolute Gasteiger partial charge is 0.384 e. The smallest absolute Gasteiger partial charge is 0.270 e. The van der Waals surface area contributed by atoms with E-state index in [9.17, 15) is 9.90 Å². The van der Waals surface area contributed by atoms with Crippen molar-refractivity contribution in [3.63, 3.8) is 0 Å². The number of carbonyl (C=O) groups excluding carboxylic acids is 1. The third-order valence-electron chi connectivity index (χ3n) is 3.90. The Labute approximate surface area is 135 Å². The maximum Gasteiger partial charge on any atom is 0.270 e. The lowest BCUT2D eigenvalue weighted by Gasteiger charge is -2.28. The van der Waals surface area contributed by atoms with E-state index in [0.29, 0.717) is 5.69 Å². The van der Waals surface area contributed by atoms with Crippen molar-refractivity contribution in [1.82, 2.24) is 15.3 Å². The molecule has 0 aromatic carbocycles. The summed E-state index contributed by atoms with van der Waals surface area (Å²) < 4.78 is 5.32. The first-order chi connectivity index (χ1) is 10.3. The molecule has 1 amide bonds.